The number of carbonyl (C=O) groups is 1. The molecule has 0 heterocycles. The second-order valence-corrected chi connectivity index (χ2v) is 7.56. The van der Waals surface area contributed by atoms with Gasteiger partial charge in [0.1, 0.15) is 5.78 Å². The van der Waals surface area contributed by atoms with E-state index in [0.29, 0.717) is 22.9 Å². The van der Waals surface area contributed by atoms with Crippen molar-refractivity contribution in [3.05, 3.63) is 68.7 Å². The quantitative estimate of drug-likeness (QED) is 0.483. The summed E-state index contributed by atoms with van der Waals surface area (Å²) in [5, 5.41) is 1.87. The third-order valence-corrected chi connectivity index (χ3v) is 5.40. The fourth-order valence-electron chi connectivity index (χ4n) is 2.17. The molecule has 5 heteroatoms. The average Bonchev–Trinajstić information content (AvgIpc) is 2.51. The van der Waals surface area contributed by atoms with Crippen molar-refractivity contribution in [2.24, 2.45) is 0 Å². The maximum atomic E-state index is 12.1. The molecule has 1 nitrogen and oxygen atoms in total. The van der Waals surface area contributed by atoms with Crippen molar-refractivity contribution < 1.29 is 4.79 Å². The van der Waals surface area contributed by atoms with Gasteiger partial charge in [-0.2, -0.15) is 11.8 Å². The van der Waals surface area contributed by atoms with Crippen molar-refractivity contribution in [3.8, 4) is 0 Å². The number of rotatable bonds is 8. The van der Waals surface area contributed by atoms with Crippen LogP contribution in [0, 0.1) is 0 Å². The lowest BCUT2D eigenvalue weighted by molar-refractivity contribution is -0.118. The lowest BCUT2D eigenvalue weighted by atomic mass is 10.1. The van der Waals surface area contributed by atoms with Crippen LogP contribution in [0.25, 0.3) is 0 Å². The smallest absolute Gasteiger partial charge is 0.137 e. The molecule has 2 aromatic carbocycles. The number of ketones is 1. The minimum Gasteiger partial charge on any atom is -0.299 e. The first kappa shape index (κ1) is 18.7. The van der Waals surface area contributed by atoms with Crippen molar-refractivity contribution >= 4 is 52.3 Å². The molecule has 0 radical (unpaired) electrons. The van der Waals surface area contributed by atoms with Crippen LogP contribution in [-0.4, -0.2) is 11.5 Å². The molecule has 0 aliphatic carbocycles. The number of Topliss-reactive ketones (excluding diaryl/α,β-unsaturated/α-hetero) is 1. The molecular weight excluding hydrogens is 371 g/mol. The van der Waals surface area contributed by atoms with Gasteiger partial charge >= 0.3 is 0 Å². The van der Waals surface area contributed by atoms with E-state index in [1.165, 1.54) is 5.56 Å². The lowest BCUT2D eigenvalue weighted by Gasteiger charge is -2.06. The standard InChI is InChI=1S/C18H17Cl3OS/c19-14-5-1-4-13(10-14)12-23-9-3-6-15(22)11-16-17(20)7-2-8-18(16)21/h1-2,4-5,7-8,10H,3,6,9,11-12H2. The van der Waals surface area contributed by atoms with Crippen LogP contribution in [0.15, 0.2) is 42.5 Å². The van der Waals surface area contributed by atoms with E-state index in [1.54, 1.807) is 30.0 Å². The Bertz CT molecular complexity index is 653. The Morgan fingerprint density at radius 3 is 2.39 bits per heavy atom. The minimum absolute atomic E-state index is 0.170. The summed E-state index contributed by atoms with van der Waals surface area (Å²) in [6.45, 7) is 0. The summed E-state index contributed by atoms with van der Waals surface area (Å²) in [6, 6.07) is 13.2. The Morgan fingerprint density at radius 2 is 1.70 bits per heavy atom. The van der Waals surface area contributed by atoms with Gasteiger partial charge in [-0.1, -0.05) is 53.0 Å². The highest BCUT2D eigenvalue weighted by atomic mass is 35.5. The van der Waals surface area contributed by atoms with E-state index in [2.05, 4.69) is 6.07 Å². The Kier molecular flexibility index (Phi) is 7.78. The zero-order valence-electron chi connectivity index (χ0n) is 12.5. The molecule has 2 rings (SSSR count). The van der Waals surface area contributed by atoms with Crippen LogP contribution in [-0.2, 0) is 17.0 Å². The van der Waals surface area contributed by atoms with Crippen LogP contribution in [0.5, 0.6) is 0 Å². The van der Waals surface area contributed by atoms with E-state index in [9.17, 15) is 4.79 Å². The van der Waals surface area contributed by atoms with Gasteiger partial charge < -0.3 is 0 Å². The third-order valence-electron chi connectivity index (χ3n) is 3.34. The second-order valence-electron chi connectivity index (χ2n) is 5.20. The highest BCUT2D eigenvalue weighted by Gasteiger charge is 2.10. The van der Waals surface area contributed by atoms with Crippen molar-refractivity contribution in [1.82, 2.24) is 0 Å². The van der Waals surface area contributed by atoms with E-state index >= 15 is 0 Å². The molecule has 0 aliphatic rings. The third kappa shape index (κ3) is 6.39. The van der Waals surface area contributed by atoms with Crippen molar-refractivity contribution in [2.75, 3.05) is 5.75 Å². The number of hydrogen-bond acceptors (Lipinski definition) is 2. The van der Waals surface area contributed by atoms with E-state index in [4.69, 9.17) is 34.8 Å². The van der Waals surface area contributed by atoms with E-state index < -0.39 is 0 Å². The zero-order valence-corrected chi connectivity index (χ0v) is 15.6. The van der Waals surface area contributed by atoms with Gasteiger partial charge in [-0.15, -0.1) is 0 Å². The monoisotopic (exact) mass is 386 g/mol. The highest BCUT2D eigenvalue weighted by molar-refractivity contribution is 7.98. The summed E-state index contributed by atoms with van der Waals surface area (Å²) in [7, 11) is 0. The summed E-state index contributed by atoms with van der Waals surface area (Å²) in [5.74, 6) is 2.02. The summed E-state index contributed by atoms with van der Waals surface area (Å²) in [5.41, 5.74) is 1.93. The van der Waals surface area contributed by atoms with Crippen LogP contribution in [0.3, 0.4) is 0 Å². The van der Waals surface area contributed by atoms with Crippen molar-refractivity contribution in [2.45, 2.75) is 25.0 Å². The number of carbonyl (C=O) groups excluding carboxylic acids is 1. The summed E-state index contributed by atoms with van der Waals surface area (Å²) in [6.07, 6.45) is 1.70. The maximum absolute atomic E-state index is 12.1. The van der Waals surface area contributed by atoms with Crippen LogP contribution in [0.2, 0.25) is 15.1 Å². The maximum Gasteiger partial charge on any atom is 0.137 e. The average molecular weight is 388 g/mol. The Morgan fingerprint density at radius 1 is 1.00 bits per heavy atom. The van der Waals surface area contributed by atoms with Crippen molar-refractivity contribution in [1.29, 1.82) is 0 Å². The first-order valence-corrected chi connectivity index (χ1v) is 9.62. The van der Waals surface area contributed by atoms with Crippen LogP contribution >= 0.6 is 46.6 Å². The predicted molar refractivity (Wildman–Crippen MR) is 102 cm³/mol. The number of benzene rings is 2. The van der Waals surface area contributed by atoms with Gasteiger partial charge in [0.25, 0.3) is 0 Å². The predicted octanol–water partition coefficient (Wildman–Crippen LogP) is 6.47. The van der Waals surface area contributed by atoms with Crippen LogP contribution in [0.4, 0.5) is 0 Å². The normalized spacial score (nSPS) is 10.7. The molecule has 0 atom stereocenters. The molecular formula is C18H17Cl3OS. The Hall–Kier alpha value is -0.670. The van der Waals surface area contributed by atoms with E-state index in [1.807, 2.05) is 18.2 Å². The van der Waals surface area contributed by atoms with Gasteiger partial charge in [-0.3, -0.25) is 4.79 Å². The minimum atomic E-state index is 0.170. The molecule has 2 aromatic rings. The summed E-state index contributed by atoms with van der Waals surface area (Å²) >= 11 is 19.9. The first-order chi connectivity index (χ1) is 11.1. The molecule has 0 saturated carbocycles. The molecule has 0 fully saturated rings. The summed E-state index contributed by atoms with van der Waals surface area (Å²) < 4.78 is 0. The largest absolute Gasteiger partial charge is 0.299 e. The molecule has 0 bridgehead atoms. The first-order valence-electron chi connectivity index (χ1n) is 7.33. The molecule has 0 saturated heterocycles. The number of halogens is 3. The van der Waals surface area contributed by atoms with Crippen LogP contribution < -0.4 is 0 Å². The van der Waals surface area contributed by atoms with Gasteiger partial charge in [0.2, 0.25) is 0 Å². The lowest BCUT2D eigenvalue weighted by Crippen LogP contribution is -2.04. The van der Waals surface area contributed by atoms with Gasteiger partial charge in [-0.05, 0) is 47.6 Å². The Labute approximate surface area is 156 Å². The molecule has 0 unspecified atom stereocenters. The van der Waals surface area contributed by atoms with Crippen molar-refractivity contribution in [3.63, 3.8) is 0 Å². The molecule has 122 valence electrons. The SMILES string of the molecule is O=C(CCCSCc1cccc(Cl)c1)Cc1c(Cl)cccc1Cl. The number of hydrogen-bond donors (Lipinski definition) is 0. The van der Waals surface area contributed by atoms with Gasteiger partial charge in [0, 0.05) is 33.7 Å². The topological polar surface area (TPSA) is 17.1 Å². The fourth-order valence-corrected chi connectivity index (χ4v) is 3.83. The fraction of sp³-hybridized carbons (Fsp3) is 0.278. The van der Waals surface area contributed by atoms with Crippen LogP contribution in [0.1, 0.15) is 24.0 Å². The van der Waals surface area contributed by atoms with E-state index in [0.717, 1.165) is 28.5 Å². The summed E-state index contributed by atoms with van der Waals surface area (Å²) in [4.78, 5) is 12.1. The van der Waals surface area contributed by atoms with Gasteiger partial charge in [0.05, 0.1) is 0 Å². The molecule has 0 N–H and O–H groups in total. The molecule has 0 aromatic heterocycles. The molecule has 0 aliphatic heterocycles. The molecule has 23 heavy (non-hydrogen) atoms. The molecule has 0 spiro atoms. The Balaban J connectivity index is 1.69. The molecule has 0 amide bonds. The second kappa shape index (κ2) is 9.58. The highest BCUT2D eigenvalue weighted by Crippen LogP contribution is 2.25. The number of thioether (sulfide) groups is 1. The van der Waals surface area contributed by atoms with E-state index in [-0.39, 0.29) is 5.78 Å². The van der Waals surface area contributed by atoms with Gasteiger partial charge in [-0.25, -0.2) is 0 Å². The zero-order chi connectivity index (χ0) is 16.7. The van der Waals surface area contributed by atoms with Gasteiger partial charge in [0.15, 0.2) is 0 Å².